The first-order valence-corrected chi connectivity index (χ1v) is 8.28. The van der Waals surface area contributed by atoms with E-state index in [2.05, 4.69) is 26.2 Å². The molecule has 1 aliphatic carbocycles. The number of fused-ring (bicyclic) bond motifs is 1. The van der Waals surface area contributed by atoms with Crippen molar-refractivity contribution in [3.8, 4) is 0 Å². The second-order valence-corrected chi connectivity index (χ2v) is 6.76. The number of halogens is 1. The van der Waals surface area contributed by atoms with Crippen molar-refractivity contribution >= 4 is 32.7 Å². The van der Waals surface area contributed by atoms with E-state index in [0.717, 1.165) is 4.47 Å². The summed E-state index contributed by atoms with van der Waals surface area (Å²) in [6.45, 7) is 2.38. The molecule has 1 aliphatic rings. The lowest BCUT2D eigenvalue weighted by molar-refractivity contribution is -0.122. The Morgan fingerprint density at radius 3 is 3.00 bits per heavy atom. The van der Waals surface area contributed by atoms with E-state index in [1.807, 2.05) is 13.0 Å². The number of aryl methyl sites for hydroxylation is 1. The molecule has 1 atom stereocenters. The van der Waals surface area contributed by atoms with Gasteiger partial charge in [-0.05, 0) is 43.9 Å². The molecule has 0 radical (unpaired) electrons. The van der Waals surface area contributed by atoms with Gasteiger partial charge in [0.15, 0.2) is 0 Å². The predicted molar refractivity (Wildman–Crippen MR) is 88.6 cm³/mol. The molecule has 1 N–H and O–H groups in total. The van der Waals surface area contributed by atoms with Crippen molar-refractivity contribution in [2.45, 2.75) is 38.8 Å². The molecule has 1 fully saturated rings. The van der Waals surface area contributed by atoms with E-state index in [1.165, 1.54) is 23.7 Å². The second kappa shape index (κ2) is 6.20. The van der Waals surface area contributed by atoms with E-state index in [9.17, 15) is 9.59 Å². The maximum absolute atomic E-state index is 12.4. The maximum atomic E-state index is 12.4. The zero-order valence-electron chi connectivity index (χ0n) is 12.4. The summed E-state index contributed by atoms with van der Waals surface area (Å²) >= 11 is 3.36. The van der Waals surface area contributed by atoms with E-state index in [0.29, 0.717) is 23.4 Å². The lowest BCUT2D eigenvalue weighted by atomic mass is 10.2. The lowest BCUT2D eigenvalue weighted by Gasteiger charge is -2.13. The van der Waals surface area contributed by atoms with Gasteiger partial charge in [-0.15, -0.1) is 0 Å². The number of carbonyl (C=O) groups is 1. The number of nitrogens with one attached hydrogen (secondary N) is 1. The smallest absolute Gasteiger partial charge is 0.261 e. The molecule has 6 heteroatoms. The summed E-state index contributed by atoms with van der Waals surface area (Å²) in [6.07, 6.45) is 4.20. The van der Waals surface area contributed by atoms with E-state index in [4.69, 9.17) is 0 Å². The molecule has 0 saturated heterocycles. The quantitative estimate of drug-likeness (QED) is 0.887. The number of rotatable bonds is 5. The number of benzene rings is 1. The standard InChI is InChI=1S/C16H18BrN3O2/c1-10(11-2-3-11)19-15(21)6-7-20-9-18-14-5-4-12(17)8-13(14)16(20)22/h4-5,8-11H,2-3,6-7H2,1H3,(H,19,21). The van der Waals surface area contributed by atoms with Crippen LogP contribution in [0.25, 0.3) is 10.9 Å². The fourth-order valence-electron chi connectivity index (χ4n) is 2.55. The molecule has 22 heavy (non-hydrogen) atoms. The SMILES string of the molecule is CC(NC(=O)CCn1cnc2ccc(Br)cc2c1=O)C1CC1. The van der Waals surface area contributed by atoms with Gasteiger partial charge in [-0.25, -0.2) is 4.98 Å². The maximum Gasteiger partial charge on any atom is 0.261 e. The molecule has 1 aromatic heterocycles. The molecule has 5 nitrogen and oxygen atoms in total. The molecule has 1 unspecified atom stereocenters. The van der Waals surface area contributed by atoms with Crippen LogP contribution in [0.2, 0.25) is 0 Å². The molecular weight excluding hydrogens is 346 g/mol. The summed E-state index contributed by atoms with van der Waals surface area (Å²) in [4.78, 5) is 28.6. The molecule has 1 heterocycles. The number of aromatic nitrogens is 2. The Kier molecular flexibility index (Phi) is 4.29. The highest BCUT2D eigenvalue weighted by Crippen LogP contribution is 2.32. The highest BCUT2D eigenvalue weighted by Gasteiger charge is 2.28. The van der Waals surface area contributed by atoms with Crippen molar-refractivity contribution in [3.63, 3.8) is 0 Å². The number of hydrogen-bond acceptors (Lipinski definition) is 3. The molecule has 1 aromatic carbocycles. The molecule has 0 spiro atoms. The van der Waals surface area contributed by atoms with Crippen molar-refractivity contribution in [2.75, 3.05) is 0 Å². The van der Waals surface area contributed by atoms with Crippen LogP contribution in [0.5, 0.6) is 0 Å². The number of carbonyl (C=O) groups excluding carboxylic acids is 1. The predicted octanol–water partition coefficient (Wildman–Crippen LogP) is 2.46. The largest absolute Gasteiger partial charge is 0.353 e. The van der Waals surface area contributed by atoms with Crippen molar-refractivity contribution in [3.05, 3.63) is 39.4 Å². The van der Waals surface area contributed by atoms with Gasteiger partial charge < -0.3 is 5.32 Å². The van der Waals surface area contributed by atoms with Gasteiger partial charge in [0.2, 0.25) is 5.91 Å². The van der Waals surface area contributed by atoms with Gasteiger partial charge in [-0.2, -0.15) is 0 Å². The van der Waals surface area contributed by atoms with Crippen molar-refractivity contribution in [2.24, 2.45) is 5.92 Å². The monoisotopic (exact) mass is 363 g/mol. The second-order valence-electron chi connectivity index (χ2n) is 5.85. The third kappa shape index (κ3) is 3.38. The van der Waals surface area contributed by atoms with Crippen LogP contribution in [0, 0.1) is 5.92 Å². The first-order valence-electron chi connectivity index (χ1n) is 7.48. The summed E-state index contributed by atoms with van der Waals surface area (Å²) in [6, 6.07) is 5.65. The van der Waals surface area contributed by atoms with Crippen molar-refractivity contribution in [1.82, 2.24) is 14.9 Å². The zero-order chi connectivity index (χ0) is 15.7. The number of nitrogens with zero attached hydrogens (tertiary/aromatic N) is 2. The van der Waals surface area contributed by atoms with Gasteiger partial charge in [-0.1, -0.05) is 15.9 Å². The van der Waals surface area contributed by atoms with Crippen LogP contribution >= 0.6 is 15.9 Å². The van der Waals surface area contributed by atoms with Crippen LogP contribution < -0.4 is 10.9 Å². The molecule has 1 amide bonds. The fourth-order valence-corrected chi connectivity index (χ4v) is 2.91. The Bertz CT molecular complexity index is 768. The third-order valence-corrected chi connectivity index (χ3v) is 4.58. The van der Waals surface area contributed by atoms with E-state index in [1.54, 1.807) is 12.1 Å². The highest BCUT2D eigenvalue weighted by atomic mass is 79.9. The molecule has 0 aliphatic heterocycles. The van der Waals surface area contributed by atoms with Gasteiger partial charge >= 0.3 is 0 Å². The lowest BCUT2D eigenvalue weighted by Crippen LogP contribution is -2.35. The minimum absolute atomic E-state index is 0.0133. The van der Waals surface area contributed by atoms with Crippen LogP contribution in [0.1, 0.15) is 26.2 Å². The molecule has 2 aromatic rings. The Labute approximate surface area is 136 Å². The normalized spacial score (nSPS) is 15.7. The van der Waals surface area contributed by atoms with Gasteiger partial charge in [0.1, 0.15) is 0 Å². The first kappa shape index (κ1) is 15.2. The van der Waals surface area contributed by atoms with Crippen molar-refractivity contribution in [1.29, 1.82) is 0 Å². The zero-order valence-corrected chi connectivity index (χ0v) is 14.0. The Hall–Kier alpha value is -1.69. The van der Waals surface area contributed by atoms with Gasteiger partial charge in [0, 0.05) is 23.5 Å². The average molecular weight is 364 g/mol. The number of amides is 1. The molecular formula is C16H18BrN3O2. The topological polar surface area (TPSA) is 64.0 Å². The molecule has 3 rings (SSSR count). The van der Waals surface area contributed by atoms with E-state index in [-0.39, 0.29) is 23.9 Å². The van der Waals surface area contributed by atoms with Crippen LogP contribution in [0.15, 0.2) is 33.8 Å². The van der Waals surface area contributed by atoms with Gasteiger partial charge in [0.25, 0.3) is 5.56 Å². The molecule has 0 bridgehead atoms. The molecule has 116 valence electrons. The Morgan fingerprint density at radius 2 is 2.27 bits per heavy atom. The third-order valence-electron chi connectivity index (χ3n) is 4.08. The van der Waals surface area contributed by atoms with Crippen LogP contribution in [-0.4, -0.2) is 21.5 Å². The van der Waals surface area contributed by atoms with Crippen LogP contribution in [-0.2, 0) is 11.3 Å². The summed E-state index contributed by atoms with van der Waals surface area (Å²) < 4.78 is 2.34. The van der Waals surface area contributed by atoms with Crippen LogP contribution in [0.4, 0.5) is 0 Å². The van der Waals surface area contributed by atoms with Gasteiger partial charge in [-0.3, -0.25) is 14.2 Å². The van der Waals surface area contributed by atoms with Gasteiger partial charge in [0.05, 0.1) is 17.2 Å². The van der Waals surface area contributed by atoms with E-state index >= 15 is 0 Å². The van der Waals surface area contributed by atoms with Crippen molar-refractivity contribution < 1.29 is 4.79 Å². The summed E-state index contributed by atoms with van der Waals surface area (Å²) in [7, 11) is 0. The minimum Gasteiger partial charge on any atom is -0.353 e. The summed E-state index contributed by atoms with van der Waals surface area (Å²) in [5.41, 5.74) is 0.547. The van der Waals surface area contributed by atoms with E-state index < -0.39 is 0 Å². The minimum atomic E-state index is -0.116. The average Bonchev–Trinajstić information content (AvgIpc) is 3.32. The fraction of sp³-hybridized carbons (Fsp3) is 0.438. The first-order chi connectivity index (χ1) is 10.5. The number of hydrogen-bond donors (Lipinski definition) is 1. The Morgan fingerprint density at radius 1 is 1.50 bits per heavy atom. The Balaban J connectivity index is 1.69. The molecule has 1 saturated carbocycles. The summed E-state index contributed by atoms with van der Waals surface area (Å²) in [5, 5.41) is 3.55. The van der Waals surface area contributed by atoms with Crippen LogP contribution in [0.3, 0.4) is 0 Å². The highest BCUT2D eigenvalue weighted by molar-refractivity contribution is 9.10. The summed E-state index contributed by atoms with van der Waals surface area (Å²) in [5.74, 6) is 0.618.